The molecule has 188 valence electrons. The summed E-state index contributed by atoms with van der Waals surface area (Å²) in [7, 11) is 0. The van der Waals surface area contributed by atoms with Crippen LogP contribution in [0.3, 0.4) is 0 Å². The Morgan fingerprint density at radius 1 is 0.971 bits per heavy atom. The maximum atomic E-state index is 13.0. The third kappa shape index (κ3) is 6.82. The lowest BCUT2D eigenvalue weighted by atomic mass is 9.98. The number of aliphatic carboxylic acids is 1. The van der Waals surface area contributed by atoms with Gasteiger partial charge in [0.15, 0.2) is 0 Å². The number of fused-ring (bicyclic) bond motifs is 3. The summed E-state index contributed by atoms with van der Waals surface area (Å²) in [5.41, 5.74) is 4.30. The molecule has 8 nitrogen and oxygen atoms in total. The lowest BCUT2D eigenvalue weighted by Crippen LogP contribution is -2.50. The summed E-state index contributed by atoms with van der Waals surface area (Å²) in [6.07, 6.45) is 2.32. The summed E-state index contributed by atoms with van der Waals surface area (Å²) < 4.78 is 5.49. The highest BCUT2D eigenvalue weighted by molar-refractivity contribution is 5.89. The van der Waals surface area contributed by atoms with Crippen molar-refractivity contribution in [2.75, 3.05) is 26.3 Å². The van der Waals surface area contributed by atoms with Crippen molar-refractivity contribution in [3.05, 3.63) is 59.7 Å². The van der Waals surface area contributed by atoms with Gasteiger partial charge in [0.2, 0.25) is 5.91 Å². The Hall–Kier alpha value is -3.39. The summed E-state index contributed by atoms with van der Waals surface area (Å²) in [6, 6.07) is 14.6. The molecule has 1 unspecified atom stereocenters. The fourth-order valence-electron chi connectivity index (χ4n) is 4.56. The van der Waals surface area contributed by atoms with E-state index >= 15 is 0 Å². The first-order valence-electron chi connectivity index (χ1n) is 12.2. The maximum absolute atomic E-state index is 13.0. The van der Waals surface area contributed by atoms with Crippen molar-refractivity contribution in [3.8, 4) is 11.1 Å². The molecule has 0 heterocycles. The molecule has 1 aliphatic rings. The highest BCUT2D eigenvalue weighted by Crippen LogP contribution is 2.44. The first-order chi connectivity index (χ1) is 17.0. The lowest BCUT2D eigenvalue weighted by Gasteiger charge is -2.27. The molecule has 1 aliphatic carbocycles. The predicted octanol–water partition coefficient (Wildman–Crippen LogP) is 3.77. The molecule has 2 amide bonds. The highest BCUT2D eigenvalue weighted by atomic mass is 16.5. The van der Waals surface area contributed by atoms with E-state index in [1.165, 1.54) is 4.90 Å². The van der Waals surface area contributed by atoms with Crippen LogP contribution in [0.1, 0.15) is 56.1 Å². The van der Waals surface area contributed by atoms with E-state index in [2.05, 4.69) is 12.2 Å². The molecule has 0 saturated carbocycles. The first kappa shape index (κ1) is 26.2. The van der Waals surface area contributed by atoms with Gasteiger partial charge in [0.1, 0.15) is 12.6 Å². The largest absolute Gasteiger partial charge is 0.481 e. The molecule has 3 N–H and O–H groups in total. The number of alkyl carbamates (subject to hydrolysis) is 1. The number of unbranched alkanes of at least 4 members (excludes halogenated alkanes) is 3. The Labute approximate surface area is 205 Å². The number of aliphatic hydroxyl groups excluding tert-OH is 1. The molecular formula is C27H34N2O6. The molecule has 1 atom stereocenters. The van der Waals surface area contributed by atoms with E-state index in [1.807, 2.05) is 48.5 Å². The zero-order valence-corrected chi connectivity index (χ0v) is 20.1. The minimum absolute atomic E-state index is 0.0607. The second-order valence-electron chi connectivity index (χ2n) is 8.73. The first-order valence-corrected chi connectivity index (χ1v) is 12.2. The van der Waals surface area contributed by atoms with Crippen molar-refractivity contribution in [2.45, 2.75) is 51.0 Å². The number of carbonyl (C=O) groups is 3. The Bertz CT molecular complexity index is 979. The average Bonchev–Trinajstić information content (AvgIpc) is 3.17. The summed E-state index contributed by atoms with van der Waals surface area (Å²) in [6.45, 7) is 2.36. The van der Waals surface area contributed by atoms with Crippen molar-refractivity contribution < 1.29 is 29.3 Å². The van der Waals surface area contributed by atoms with E-state index < -0.39 is 30.4 Å². The van der Waals surface area contributed by atoms with E-state index in [0.717, 1.165) is 47.9 Å². The fourth-order valence-corrected chi connectivity index (χ4v) is 4.56. The number of hydrogen-bond acceptors (Lipinski definition) is 5. The molecule has 35 heavy (non-hydrogen) atoms. The number of carboxylic acids is 1. The van der Waals surface area contributed by atoms with E-state index in [1.54, 1.807) is 0 Å². The van der Waals surface area contributed by atoms with Crippen molar-refractivity contribution in [2.24, 2.45) is 0 Å². The van der Waals surface area contributed by atoms with Crippen molar-refractivity contribution in [1.82, 2.24) is 10.2 Å². The van der Waals surface area contributed by atoms with Crippen LogP contribution in [0, 0.1) is 0 Å². The van der Waals surface area contributed by atoms with Crippen LogP contribution in [-0.2, 0) is 14.3 Å². The van der Waals surface area contributed by atoms with Gasteiger partial charge < -0.3 is 25.2 Å². The second kappa shape index (κ2) is 12.9. The molecule has 0 aliphatic heterocycles. The standard InChI is InChI=1S/C27H34N2O6/c1-2-3-4-9-14-29(15-16-30)26(33)24(17-25(31)32)28-27(34)35-18-23-21-12-7-5-10-19(21)20-11-6-8-13-22(20)23/h5-8,10-13,23-24,30H,2-4,9,14-18H2,1H3,(H,28,34)(H,31,32). The SMILES string of the molecule is CCCCCCN(CCO)C(=O)C(CC(=O)O)NC(=O)OCC1c2ccccc2-c2ccccc21. The second-order valence-corrected chi connectivity index (χ2v) is 8.73. The normalized spacial score (nSPS) is 13.0. The maximum Gasteiger partial charge on any atom is 0.407 e. The van der Waals surface area contributed by atoms with Crippen LogP contribution >= 0.6 is 0 Å². The van der Waals surface area contributed by atoms with Crippen LogP contribution in [0.4, 0.5) is 4.79 Å². The van der Waals surface area contributed by atoms with Gasteiger partial charge in [-0.2, -0.15) is 0 Å². The molecule has 0 aromatic heterocycles. The van der Waals surface area contributed by atoms with Gasteiger partial charge in [-0.25, -0.2) is 4.79 Å². The van der Waals surface area contributed by atoms with E-state index in [9.17, 15) is 24.6 Å². The number of hydrogen-bond donors (Lipinski definition) is 3. The zero-order chi connectivity index (χ0) is 25.2. The van der Waals surface area contributed by atoms with Gasteiger partial charge in [0, 0.05) is 19.0 Å². The summed E-state index contributed by atoms with van der Waals surface area (Å²) in [4.78, 5) is 38.5. The quantitative estimate of drug-likeness (QED) is 0.374. The lowest BCUT2D eigenvalue weighted by molar-refractivity contribution is -0.142. The number of aliphatic hydroxyl groups is 1. The molecule has 2 aromatic carbocycles. The number of carbonyl (C=O) groups excluding carboxylic acids is 2. The van der Waals surface area contributed by atoms with Gasteiger partial charge in [0.25, 0.3) is 0 Å². The highest BCUT2D eigenvalue weighted by Gasteiger charge is 2.31. The van der Waals surface area contributed by atoms with Crippen LogP contribution in [-0.4, -0.2) is 65.4 Å². The predicted molar refractivity (Wildman–Crippen MR) is 132 cm³/mol. The number of rotatable bonds is 13. The Kier molecular flexibility index (Phi) is 9.66. The van der Waals surface area contributed by atoms with Crippen LogP contribution in [0.15, 0.2) is 48.5 Å². The van der Waals surface area contributed by atoms with Gasteiger partial charge in [-0.05, 0) is 28.7 Å². The number of nitrogens with zero attached hydrogens (tertiary/aromatic N) is 1. The third-order valence-electron chi connectivity index (χ3n) is 6.28. The van der Waals surface area contributed by atoms with Crippen molar-refractivity contribution in [3.63, 3.8) is 0 Å². The minimum Gasteiger partial charge on any atom is -0.481 e. The number of nitrogens with one attached hydrogen (secondary N) is 1. The van der Waals surface area contributed by atoms with E-state index in [0.29, 0.717) is 6.54 Å². The molecule has 8 heteroatoms. The fraction of sp³-hybridized carbons (Fsp3) is 0.444. The molecule has 2 aromatic rings. The number of amides is 2. The summed E-state index contributed by atoms with van der Waals surface area (Å²) >= 11 is 0. The average molecular weight is 483 g/mol. The van der Waals surface area contributed by atoms with Crippen LogP contribution in [0.5, 0.6) is 0 Å². The number of benzene rings is 2. The molecule has 0 saturated heterocycles. The molecule has 0 radical (unpaired) electrons. The smallest absolute Gasteiger partial charge is 0.407 e. The minimum atomic E-state index is -1.28. The molecule has 0 bridgehead atoms. The van der Waals surface area contributed by atoms with Crippen molar-refractivity contribution >= 4 is 18.0 Å². The summed E-state index contributed by atoms with van der Waals surface area (Å²) in [5, 5.41) is 21.1. The van der Waals surface area contributed by atoms with Gasteiger partial charge in [-0.15, -0.1) is 0 Å². The number of ether oxygens (including phenoxy) is 1. The zero-order valence-electron chi connectivity index (χ0n) is 20.1. The van der Waals surface area contributed by atoms with E-state index in [4.69, 9.17) is 4.74 Å². The Morgan fingerprint density at radius 2 is 1.60 bits per heavy atom. The monoisotopic (exact) mass is 482 g/mol. The number of carboxylic acid groups (broad SMARTS) is 1. The van der Waals surface area contributed by atoms with Crippen LogP contribution < -0.4 is 5.32 Å². The van der Waals surface area contributed by atoms with Crippen LogP contribution in [0.25, 0.3) is 11.1 Å². The van der Waals surface area contributed by atoms with Gasteiger partial charge in [-0.1, -0.05) is 74.7 Å². The van der Waals surface area contributed by atoms with Gasteiger partial charge in [-0.3, -0.25) is 9.59 Å². The Morgan fingerprint density at radius 3 is 2.17 bits per heavy atom. The Balaban J connectivity index is 1.65. The van der Waals surface area contributed by atoms with Crippen molar-refractivity contribution in [1.29, 1.82) is 0 Å². The molecule has 0 spiro atoms. The van der Waals surface area contributed by atoms with E-state index in [-0.39, 0.29) is 25.7 Å². The molecular weight excluding hydrogens is 448 g/mol. The summed E-state index contributed by atoms with van der Waals surface area (Å²) in [5.74, 6) is -1.89. The van der Waals surface area contributed by atoms with Gasteiger partial charge >= 0.3 is 12.1 Å². The molecule has 3 rings (SSSR count). The van der Waals surface area contributed by atoms with Crippen LogP contribution in [0.2, 0.25) is 0 Å². The topological polar surface area (TPSA) is 116 Å². The van der Waals surface area contributed by atoms with Gasteiger partial charge in [0.05, 0.1) is 13.0 Å². The third-order valence-corrected chi connectivity index (χ3v) is 6.28. The molecule has 0 fully saturated rings.